The maximum Gasteiger partial charge on any atom is 0.416 e. The fraction of sp³-hybridized carbons (Fsp3) is 0.267. The summed E-state index contributed by atoms with van der Waals surface area (Å²) in [5.41, 5.74) is -0.419. The van der Waals surface area contributed by atoms with Gasteiger partial charge in [0.25, 0.3) is 0 Å². The van der Waals surface area contributed by atoms with Crippen LogP contribution in [-0.2, 0) is 17.5 Å². The second-order valence-corrected chi connectivity index (χ2v) is 6.80. The van der Waals surface area contributed by atoms with Gasteiger partial charge in [0.2, 0.25) is 5.91 Å². The number of rotatable bonds is 5. The zero-order chi connectivity index (χ0) is 17.0. The number of benzene rings is 1. The van der Waals surface area contributed by atoms with E-state index in [1.165, 1.54) is 23.5 Å². The fourth-order valence-electron chi connectivity index (χ4n) is 1.95. The summed E-state index contributed by atoms with van der Waals surface area (Å²) in [5.74, 6) is -0.296. The molecule has 0 aliphatic rings. The summed E-state index contributed by atoms with van der Waals surface area (Å²) in [6, 6.07) is 8.02. The lowest BCUT2D eigenvalue weighted by Gasteiger charge is -2.15. The normalized spacial score (nSPS) is 11.7. The van der Waals surface area contributed by atoms with E-state index in [0.717, 1.165) is 17.0 Å². The van der Waals surface area contributed by atoms with Crippen molar-refractivity contribution in [1.82, 2.24) is 4.90 Å². The molecule has 0 fully saturated rings. The van der Waals surface area contributed by atoms with Gasteiger partial charge in [0, 0.05) is 17.1 Å². The Morgan fingerprint density at radius 1 is 1.22 bits per heavy atom. The summed E-state index contributed by atoms with van der Waals surface area (Å²) in [6.07, 6.45) is -4.38. The van der Waals surface area contributed by atoms with Crippen LogP contribution in [0.1, 0.15) is 10.4 Å². The Hall–Kier alpha value is -1.57. The number of likely N-dealkylation sites (N-methyl/N-ethyl adjacent to an activating group) is 1. The van der Waals surface area contributed by atoms with Crippen molar-refractivity contribution in [3.63, 3.8) is 0 Å². The van der Waals surface area contributed by atoms with Crippen LogP contribution in [0.5, 0.6) is 0 Å². The van der Waals surface area contributed by atoms with Crippen LogP contribution >= 0.6 is 22.9 Å². The van der Waals surface area contributed by atoms with Gasteiger partial charge in [-0.1, -0.05) is 11.6 Å². The molecule has 1 amide bonds. The summed E-state index contributed by atoms with van der Waals surface area (Å²) in [7, 11) is 1.78. The van der Waals surface area contributed by atoms with Gasteiger partial charge in [-0.2, -0.15) is 13.2 Å². The van der Waals surface area contributed by atoms with Gasteiger partial charge < -0.3 is 5.32 Å². The zero-order valence-corrected chi connectivity index (χ0v) is 13.7. The lowest BCUT2D eigenvalue weighted by molar-refractivity contribution is -0.137. The molecule has 1 heterocycles. The second kappa shape index (κ2) is 7.33. The van der Waals surface area contributed by atoms with Crippen LogP contribution in [0, 0.1) is 0 Å². The van der Waals surface area contributed by atoms with Gasteiger partial charge in [-0.15, -0.1) is 11.3 Å². The maximum absolute atomic E-state index is 12.5. The molecule has 0 radical (unpaired) electrons. The monoisotopic (exact) mass is 362 g/mol. The Kier molecular flexibility index (Phi) is 5.67. The number of hydrogen-bond donors (Lipinski definition) is 1. The smallest absolute Gasteiger partial charge is 0.325 e. The van der Waals surface area contributed by atoms with Crippen LogP contribution < -0.4 is 5.32 Å². The van der Waals surface area contributed by atoms with Crippen LogP contribution in [-0.4, -0.2) is 24.4 Å². The summed E-state index contributed by atoms with van der Waals surface area (Å²) < 4.78 is 38.1. The number of alkyl halides is 3. The van der Waals surface area contributed by atoms with Crippen molar-refractivity contribution >= 4 is 34.5 Å². The van der Waals surface area contributed by atoms with Gasteiger partial charge >= 0.3 is 6.18 Å². The molecule has 0 aliphatic heterocycles. The second-order valence-electron chi connectivity index (χ2n) is 5.00. The number of amides is 1. The Morgan fingerprint density at radius 3 is 2.39 bits per heavy atom. The average molecular weight is 363 g/mol. The van der Waals surface area contributed by atoms with E-state index in [1.807, 2.05) is 6.07 Å². The lowest BCUT2D eigenvalue weighted by Crippen LogP contribution is -2.29. The average Bonchev–Trinajstić information content (AvgIpc) is 2.83. The zero-order valence-electron chi connectivity index (χ0n) is 12.2. The van der Waals surface area contributed by atoms with E-state index in [1.54, 1.807) is 18.0 Å². The molecule has 124 valence electrons. The van der Waals surface area contributed by atoms with Crippen LogP contribution in [0.15, 0.2) is 36.4 Å². The summed E-state index contributed by atoms with van der Waals surface area (Å²) >= 11 is 7.28. The molecule has 2 rings (SSSR count). The molecule has 8 heteroatoms. The number of thiophene rings is 1. The highest BCUT2D eigenvalue weighted by Crippen LogP contribution is 2.29. The van der Waals surface area contributed by atoms with Crippen molar-refractivity contribution < 1.29 is 18.0 Å². The topological polar surface area (TPSA) is 32.3 Å². The highest BCUT2D eigenvalue weighted by Gasteiger charge is 2.29. The molecule has 0 spiro atoms. The molecular weight excluding hydrogens is 349 g/mol. The minimum absolute atomic E-state index is 0.122. The highest BCUT2D eigenvalue weighted by atomic mass is 35.5. The third-order valence-electron chi connectivity index (χ3n) is 2.96. The van der Waals surface area contributed by atoms with Gasteiger partial charge in [-0.05, 0) is 43.4 Å². The Morgan fingerprint density at radius 2 is 1.87 bits per heavy atom. The van der Waals surface area contributed by atoms with Crippen molar-refractivity contribution in [1.29, 1.82) is 0 Å². The van der Waals surface area contributed by atoms with Crippen molar-refractivity contribution in [2.45, 2.75) is 12.7 Å². The quantitative estimate of drug-likeness (QED) is 0.849. The number of nitrogens with one attached hydrogen (secondary N) is 1. The molecule has 0 bridgehead atoms. The minimum atomic E-state index is -4.38. The lowest BCUT2D eigenvalue weighted by atomic mass is 10.2. The molecule has 1 N–H and O–H groups in total. The van der Waals surface area contributed by atoms with E-state index in [0.29, 0.717) is 16.6 Å². The van der Waals surface area contributed by atoms with Gasteiger partial charge in [0.1, 0.15) is 0 Å². The first-order chi connectivity index (χ1) is 10.7. The fourth-order valence-corrected chi connectivity index (χ4v) is 3.11. The highest BCUT2D eigenvalue weighted by molar-refractivity contribution is 7.16. The number of anilines is 1. The van der Waals surface area contributed by atoms with E-state index < -0.39 is 11.7 Å². The van der Waals surface area contributed by atoms with E-state index >= 15 is 0 Å². The molecule has 2 aromatic rings. The standard InChI is InChI=1S/C15H14ClF3N2OS/c1-21(8-12-6-7-13(16)23-12)9-14(22)20-11-4-2-10(3-5-11)15(17,18)19/h2-7H,8-9H2,1H3,(H,20,22). The molecule has 3 nitrogen and oxygen atoms in total. The van der Waals surface area contributed by atoms with Gasteiger partial charge in [0.15, 0.2) is 0 Å². The number of hydrogen-bond acceptors (Lipinski definition) is 3. The molecule has 0 saturated heterocycles. The van der Waals surface area contributed by atoms with Gasteiger partial charge in [-0.3, -0.25) is 9.69 Å². The summed E-state index contributed by atoms with van der Waals surface area (Å²) in [6.45, 7) is 0.689. The van der Waals surface area contributed by atoms with Gasteiger partial charge in [-0.25, -0.2) is 0 Å². The van der Waals surface area contributed by atoms with Crippen molar-refractivity contribution in [3.8, 4) is 0 Å². The molecule has 0 aliphatic carbocycles. The first kappa shape index (κ1) is 17.8. The molecule has 0 saturated carbocycles. The Balaban J connectivity index is 1.86. The number of carbonyl (C=O) groups is 1. The largest absolute Gasteiger partial charge is 0.416 e. The van der Waals surface area contributed by atoms with Crippen LogP contribution in [0.2, 0.25) is 4.34 Å². The maximum atomic E-state index is 12.5. The van der Waals surface area contributed by atoms with Crippen molar-refractivity contribution in [2.24, 2.45) is 0 Å². The third kappa shape index (κ3) is 5.53. The predicted molar refractivity (Wildman–Crippen MR) is 85.7 cm³/mol. The Bertz CT molecular complexity index is 670. The first-order valence-corrected chi connectivity index (χ1v) is 7.83. The van der Waals surface area contributed by atoms with Crippen LogP contribution in [0.4, 0.5) is 18.9 Å². The van der Waals surface area contributed by atoms with E-state index in [9.17, 15) is 18.0 Å². The number of halogens is 4. The van der Waals surface area contributed by atoms with Crippen molar-refractivity contribution in [3.05, 3.63) is 51.2 Å². The first-order valence-electron chi connectivity index (χ1n) is 6.64. The molecule has 1 aromatic carbocycles. The molecule has 0 unspecified atom stereocenters. The predicted octanol–water partition coefficient (Wildman–Crippen LogP) is 4.49. The number of carbonyl (C=O) groups excluding carboxylic acids is 1. The van der Waals surface area contributed by atoms with Crippen LogP contribution in [0.25, 0.3) is 0 Å². The third-order valence-corrected chi connectivity index (χ3v) is 4.18. The van der Waals surface area contributed by atoms with E-state index in [2.05, 4.69) is 5.32 Å². The molecule has 23 heavy (non-hydrogen) atoms. The molecule has 0 atom stereocenters. The van der Waals surface area contributed by atoms with Crippen molar-refractivity contribution in [2.75, 3.05) is 18.9 Å². The summed E-state index contributed by atoms with van der Waals surface area (Å²) in [4.78, 5) is 14.7. The van der Waals surface area contributed by atoms with Gasteiger partial charge in [0.05, 0.1) is 16.4 Å². The summed E-state index contributed by atoms with van der Waals surface area (Å²) in [5, 5.41) is 2.57. The molecule has 1 aromatic heterocycles. The minimum Gasteiger partial charge on any atom is -0.325 e. The number of nitrogens with zero attached hydrogens (tertiary/aromatic N) is 1. The van der Waals surface area contributed by atoms with E-state index in [-0.39, 0.29) is 12.5 Å². The Labute approximate surface area is 140 Å². The molecular formula is C15H14ClF3N2OS. The van der Waals surface area contributed by atoms with Crippen LogP contribution in [0.3, 0.4) is 0 Å². The SMILES string of the molecule is CN(CC(=O)Nc1ccc(C(F)(F)F)cc1)Cc1ccc(Cl)s1. The van der Waals surface area contributed by atoms with E-state index in [4.69, 9.17) is 11.6 Å².